The summed E-state index contributed by atoms with van der Waals surface area (Å²) in [6.07, 6.45) is 6.13. The van der Waals surface area contributed by atoms with Gasteiger partial charge in [-0.15, -0.1) is 0 Å². The minimum absolute atomic E-state index is 0.204. The third-order valence-corrected chi connectivity index (χ3v) is 8.55. The Morgan fingerprint density at radius 1 is 1.23 bits per heavy atom. The monoisotopic (exact) mass is 568 g/mol. The van der Waals surface area contributed by atoms with Gasteiger partial charge >= 0.3 is 0 Å². The van der Waals surface area contributed by atoms with E-state index in [1.54, 1.807) is 23.7 Å². The lowest BCUT2D eigenvalue weighted by Gasteiger charge is -2.28. The quantitative estimate of drug-likeness (QED) is 0.402. The Morgan fingerprint density at radius 3 is 2.74 bits per heavy atom. The third-order valence-electron chi connectivity index (χ3n) is 6.24. The molecule has 1 aliphatic rings. The summed E-state index contributed by atoms with van der Waals surface area (Å²) in [7, 11) is 1.95. The highest BCUT2D eigenvalue weighted by molar-refractivity contribution is 9.10. The molecule has 0 saturated carbocycles. The van der Waals surface area contributed by atoms with E-state index in [0.29, 0.717) is 42.3 Å². The van der Waals surface area contributed by atoms with Gasteiger partial charge in [-0.05, 0) is 86.4 Å². The van der Waals surface area contributed by atoms with E-state index in [0.717, 1.165) is 43.4 Å². The molecule has 0 spiro atoms. The molecular weight excluding hydrogens is 532 g/mol. The van der Waals surface area contributed by atoms with Crippen LogP contribution in [0.5, 0.6) is 11.5 Å². The molecule has 194 valence electrons. The van der Waals surface area contributed by atoms with E-state index < -0.39 is 10.0 Å². The van der Waals surface area contributed by atoms with E-state index in [4.69, 9.17) is 9.47 Å². The van der Waals surface area contributed by atoms with E-state index in [1.807, 2.05) is 39.2 Å². The Balaban J connectivity index is 1.70. The maximum atomic E-state index is 13.7. The number of likely N-dealkylation sites (N-methyl/N-ethyl adjacent to an activating group) is 1. The zero-order valence-corrected chi connectivity index (χ0v) is 23.5. The summed E-state index contributed by atoms with van der Waals surface area (Å²) in [5.41, 5.74) is 1.13. The Labute approximate surface area is 218 Å². The van der Waals surface area contributed by atoms with E-state index >= 15 is 0 Å². The van der Waals surface area contributed by atoms with Crippen LogP contribution in [0.4, 0.5) is 5.82 Å². The van der Waals surface area contributed by atoms with Gasteiger partial charge in [0, 0.05) is 36.3 Å². The van der Waals surface area contributed by atoms with Crippen molar-refractivity contribution < 1.29 is 17.9 Å². The molecule has 35 heavy (non-hydrogen) atoms. The Morgan fingerprint density at radius 2 is 2.03 bits per heavy atom. The highest BCUT2D eigenvalue weighted by Crippen LogP contribution is 2.30. The van der Waals surface area contributed by atoms with Gasteiger partial charge in [-0.1, -0.05) is 12.5 Å². The van der Waals surface area contributed by atoms with Crippen LogP contribution in [0.2, 0.25) is 0 Å². The maximum Gasteiger partial charge on any atom is 0.246 e. The lowest BCUT2D eigenvalue weighted by atomic mass is 10.1. The highest BCUT2D eigenvalue weighted by Gasteiger charge is 2.32. The number of anilines is 1. The SMILES string of the molecule is CCOc1cc(CCCNc2ncc(Br)cc2S(=O)(=O)N2CCCC[C@H](N(C)C)C2)ccc1OC. The molecule has 0 unspecified atom stereocenters. The Kier molecular flexibility index (Phi) is 10.2. The molecule has 1 aromatic carbocycles. The Hall–Kier alpha value is -1.88. The summed E-state index contributed by atoms with van der Waals surface area (Å²) < 4.78 is 40.6. The fraction of sp³-hybridized carbons (Fsp3) is 0.560. The first kappa shape index (κ1) is 27.7. The number of methoxy groups -OCH3 is 1. The van der Waals surface area contributed by atoms with E-state index in [2.05, 4.69) is 31.1 Å². The summed E-state index contributed by atoms with van der Waals surface area (Å²) in [6.45, 7) is 4.12. The molecule has 1 aromatic heterocycles. The standard InChI is InChI=1S/C25H37BrN4O4S/c1-5-34-23-15-19(11-12-22(23)33-4)9-8-13-27-25-24(16-20(26)17-28-25)35(31,32)30-14-7-6-10-21(18-30)29(2)3/h11-12,15-17,21H,5-10,13-14,18H2,1-4H3,(H,27,28)/t21-/m0/s1. The molecule has 2 aromatic rings. The average Bonchev–Trinajstić information content (AvgIpc) is 3.10. The first-order valence-corrected chi connectivity index (χ1v) is 14.3. The van der Waals surface area contributed by atoms with Gasteiger partial charge in [0.25, 0.3) is 0 Å². The van der Waals surface area contributed by atoms with Crippen molar-refractivity contribution in [2.45, 2.75) is 50.0 Å². The van der Waals surface area contributed by atoms with Crippen LogP contribution in [0.15, 0.2) is 39.8 Å². The lowest BCUT2D eigenvalue weighted by molar-refractivity contribution is 0.248. The number of halogens is 1. The second-order valence-electron chi connectivity index (χ2n) is 8.93. The predicted octanol–water partition coefficient (Wildman–Crippen LogP) is 4.40. The van der Waals surface area contributed by atoms with E-state index in [9.17, 15) is 8.42 Å². The molecule has 2 heterocycles. The van der Waals surface area contributed by atoms with Crippen LogP contribution >= 0.6 is 15.9 Å². The predicted molar refractivity (Wildman–Crippen MR) is 143 cm³/mol. The molecule has 1 aliphatic heterocycles. The Bertz CT molecular complexity index is 1080. The minimum Gasteiger partial charge on any atom is -0.493 e. The fourth-order valence-electron chi connectivity index (χ4n) is 4.26. The number of rotatable bonds is 11. The van der Waals surface area contributed by atoms with Crippen LogP contribution in [0.25, 0.3) is 0 Å². The summed E-state index contributed by atoms with van der Waals surface area (Å²) in [5.74, 6) is 1.84. The maximum absolute atomic E-state index is 13.7. The number of hydrogen-bond acceptors (Lipinski definition) is 7. The molecule has 1 saturated heterocycles. The lowest BCUT2D eigenvalue weighted by Crippen LogP contribution is -2.42. The normalized spacial score (nSPS) is 17.3. The molecule has 1 atom stereocenters. The smallest absolute Gasteiger partial charge is 0.246 e. The van der Waals surface area contributed by atoms with Gasteiger partial charge in [0.15, 0.2) is 11.5 Å². The molecule has 0 radical (unpaired) electrons. The van der Waals surface area contributed by atoms with Crippen LogP contribution in [-0.4, -0.2) is 76.1 Å². The zero-order chi connectivity index (χ0) is 25.4. The van der Waals surface area contributed by atoms with E-state index in [1.165, 1.54) is 0 Å². The second kappa shape index (κ2) is 12.9. The van der Waals surface area contributed by atoms with Crippen molar-refractivity contribution in [1.29, 1.82) is 0 Å². The van der Waals surface area contributed by atoms with Gasteiger partial charge in [-0.2, -0.15) is 4.31 Å². The van der Waals surface area contributed by atoms with Gasteiger partial charge < -0.3 is 19.7 Å². The first-order valence-electron chi connectivity index (χ1n) is 12.1. The van der Waals surface area contributed by atoms with Crippen LogP contribution in [0, 0.1) is 0 Å². The number of benzene rings is 1. The summed E-state index contributed by atoms with van der Waals surface area (Å²) in [6, 6.07) is 7.79. The van der Waals surface area contributed by atoms with Crippen LogP contribution in [0.1, 0.15) is 38.2 Å². The number of nitrogens with one attached hydrogen (secondary N) is 1. The molecule has 10 heteroatoms. The van der Waals surface area contributed by atoms with Crippen molar-refractivity contribution in [2.24, 2.45) is 0 Å². The average molecular weight is 570 g/mol. The topological polar surface area (TPSA) is 84.0 Å². The van der Waals surface area contributed by atoms with E-state index in [-0.39, 0.29) is 10.9 Å². The number of pyridine rings is 1. The fourth-order valence-corrected chi connectivity index (χ4v) is 6.40. The summed E-state index contributed by atoms with van der Waals surface area (Å²) >= 11 is 3.40. The summed E-state index contributed by atoms with van der Waals surface area (Å²) in [4.78, 5) is 6.74. The number of nitrogens with zero attached hydrogens (tertiary/aromatic N) is 3. The van der Waals surface area contributed by atoms with Crippen molar-refractivity contribution in [3.63, 3.8) is 0 Å². The van der Waals surface area contributed by atoms with Crippen molar-refractivity contribution in [3.8, 4) is 11.5 Å². The number of aromatic nitrogens is 1. The van der Waals surface area contributed by atoms with Crippen LogP contribution in [-0.2, 0) is 16.4 Å². The molecule has 8 nitrogen and oxygen atoms in total. The van der Waals surface area contributed by atoms with Crippen LogP contribution in [0.3, 0.4) is 0 Å². The molecule has 1 fully saturated rings. The number of ether oxygens (including phenoxy) is 2. The second-order valence-corrected chi connectivity index (χ2v) is 11.7. The molecule has 0 amide bonds. The van der Waals surface area contributed by atoms with Gasteiger partial charge in [0.05, 0.1) is 13.7 Å². The number of hydrogen-bond donors (Lipinski definition) is 1. The van der Waals surface area contributed by atoms with Gasteiger partial charge in [-0.3, -0.25) is 0 Å². The van der Waals surface area contributed by atoms with Crippen molar-refractivity contribution >= 4 is 31.8 Å². The number of sulfonamides is 1. The highest BCUT2D eigenvalue weighted by atomic mass is 79.9. The zero-order valence-electron chi connectivity index (χ0n) is 21.1. The minimum atomic E-state index is -3.69. The molecule has 1 N–H and O–H groups in total. The third kappa shape index (κ3) is 7.31. The summed E-state index contributed by atoms with van der Waals surface area (Å²) in [5, 5.41) is 3.26. The van der Waals surface area contributed by atoms with Gasteiger partial charge in [-0.25, -0.2) is 13.4 Å². The van der Waals surface area contributed by atoms with Crippen molar-refractivity contribution in [1.82, 2.24) is 14.2 Å². The largest absolute Gasteiger partial charge is 0.493 e. The van der Waals surface area contributed by atoms with Crippen LogP contribution < -0.4 is 14.8 Å². The molecule has 0 bridgehead atoms. The molecule has 0 aliphatic carbocycles. The molecule has 3 rings (SSSR count). The molecular formula is C25H37BrN4O4S. The van der Waals surface area contributed by atoms with Gasteiger partial charge in [0.2, 0.25) is 10.0 Å². The van der Waals surface area contributed by atoms with Crippen molar-refractivity contribution in [3.05, 3.63) is 40.5 Å². The first-order chi connectivity index (χ1) is 16.8. The number of aryl methyl sites for hydroxylation is 1. The van der Waals surface area contributed by atoms with Crippen molar-refractivity contribution in [2.75, 3.05) is 52.8 Å². The van der Waals surface area contributed by atoms with Gasteiger partial charge in [0.1, 0.15) is 10.7 Å².